The van der Waals surface area contributed by atoms with Gasteiger partial charge in [-0.1, -0.05) is 42.5 Å². The topological polar surface area (TPSA) is 12.0 Å². The second kappa shape index (κ2) is 4.84. The van der Waals surface area contributed by atoms with E-state index >= 15 is 0 Å². The molecule has 16 heavy (non-hydrogen) atoms. The fraction of sp³-hybridized carbons (Fsp3) is 0.200. The zero-order valence-electron chi connectivity index (χ0n) is 9.83. The molecule has 0 aliphatic rings. The molecule has 0 heterocycles. The van der Waals surface area contributed by atoms with Crippen LogP contribution in [0.5, 0.6) is 0 Å². The van der Waals surface area contributed by atoms with Crippen molar-refractivity contribution in [2.75, 3.05) is 5.32 Å². The maximum atomic E-state index is 3.47. The molecule has 0 atom stereocenters. The lowest BCUT2D eigenvalue weighted by Crippen LogP contribution is -2.02. The highest BCUT2D eigenvalue weighted by Gasteiger charge is 1.98. The summed E-state index contributed by atoms with van der Waals surface area (Å²) in [6.45, 7) is 5.16. The Balaban J connectivity index is 2.09. The third kappa shape index (κ3) is 2.43. The minimum absolute atomic E-state index is 0.886. The predicted molar refractivity (Wildman–Crippen MR) is 69.7 cm³/mol. The van der Waals surface area contributed by atoms with Crippen LogP contribution < -0.4 is 5.32 Å². The molecule has 2 rings (SSSR count). The molecule has 0 unspecified atom stereocenters. The molecule has 2 aromatic rings. The molecular formula is C15H17N. The van der Waals surface area contributed by atoms with Crippen LogP contribution in [-0.2, 0) is 6.54 Å². The summed E-state index contributed by atoms with van der Waals surface area (Å²) in [6.07, 6.45) is 0. The van der Waals surface area contributed by atoms with E-state index in [-0.39, 0.29) is 0 Å². The number of para-hydroxylation sites is 1. The molecule has 1 nitrogen and oxygen atoms in total. The van der Waals surface area contributed by atoms with Gasteiger partial charge in [-0.15, -0.1) is 0 Å². The Morgan fingerprint density at radius 1 is 0.812 bits per heavy atom. The summed E-state index contributed by atoms with van der Waals surface area (Å²) in [5.74, 6) is 0. The molecule has 0 aliphatic carbocycles. The Hall–Kier alpha value is -1.76. The van der Waals surface area contributed by atoms with Gasteiger partial charge in [-0.25, -0.2) is 0 Å². The minimum atomic E-state index is 0.886. The molecule has 0 radical (unpaired) electrons. The molecule has 0 aromatic heterocycles. The van der Waals surface area contributed by atoms with Gasteiger partial charge in [0.25, 0.3) is 0 Å². The van der Waals surface area contributed by atoms with Crippen LogP contribution in [0.3, 0.4) is 0 Å². The van der Waals surface area contributed by atoms with E-state index in [0.29, 0.717) is 0 Å². The minimum Gasteiger partial charge on any atom is -0.381 e. The summed E-state index contributed by atoms with van der Waals surface area (Å²) in [4.78, 5) is 0. The Labute approximate surface area is 97.1 Å². The van der Waals surface area contributed by atoms with Crippen molar-refractivity contribution in [3.05, 3.63) is 65.2 Å². The highest BCUT2D eigenvalue weighted by molar-refractivity contribution is 5.50. The molecule has 0 bridgehead atoms. The lowest BCUT2D eigenvalue weighted by molar-refractivity contribution is 1.11. The van der Waals surface area contributed by atoms with Crippen molar-refractivity contribution in [1.29, 1.82) is 0 Å². The molecule has 0 fully saturated rings. The van der Waals surface area contributed by atoms with Crippen molar-refractivity contribution >= 4 is 5.69 Å². The average Bonchev–Trinajstić information content (AvgIpc) is 2.30. The predicted octanol–water partition coefficient (Wildman–Crippen LogP) is 3.92. The van der Waals surface area contributed by atoms with Crippen molar-refractivity contribution in [2.45, 2.75) is 20.4 Å². The number of rotatable bonds is 3. The normalized spacial score (nSPS) is 10.1. The van der Waals surface area contributed by atoms with E-state index in [4.69, 9.17) is 0 Å². The number of benzene rings is 2. The molecule has 0 saturated carbocycles. The lowest BCUT2D eigenvalue weighted by atomic mass is 10.1. The lowest BCUT2D eigenvalue weighted by Gasteiger charge is -2.10. The number of nitrogens with one attached hydrogen (secondary N) is 1. The van der Waals surface area contributed by atoms with Gasteiger partial charge in [0.1, 0.15) is 0 Å². The van der Waals surface area contributed by atoms with Crippen LogP contribution in [0.15, 0.2) is 48.5 Å². The van der Waals surface area contributed by atoms with Gasteiger partial charge in [-0.3, -0.25) is 0 Å². The van der Waals surface area contributed by atoms with Crippen LogP contribution in [0.2, 0.25) is 0 Å². The summed E-state index contributed by atoms with van der Waals surface area (Å²) in [5.41, 5.74) is 5.19. The van der Waals surface area contributed by atoms with E-state index in [2.05, 4.69) is 67.7 Å². The fourth-order valence-electron chi connectivity index (χ4n) is 1.77. The summed E-state index contributed by atoms with van der Waals surface area (Å²) in [7, 11) is 0. The average molecular weight is 211 g/mol. The number of aryl methyl sites for hydroxylation is 2. The molecule has 2 aromatic carbocycles. The monoisotopic (exact) mass is 211 g/mol. The highest BCUT2D eigenvalue weighted by Crippen LogP contribution is 2.15. The van der Waals surface area contributed by atoms with Gasteiger partial charge >= 0.3 is 0 Å². The summed E-state index contributed by atoms with van der Waals surface area (Å²) in [6, 6.07) is 16.8. The number of hydrogen-bond donors (Lipinski definition) is 1. The smallest absolute Gasteiger partial charge is 0.0403 e. The molecule has 0 saturated heterocycles. The quantitative estimate of drug-likeness (QED) is 0.811. The summed E-state index contributed by atoms with van der Waals surface area (Å²) >= 11 is 0. The fourth-order valence-corrected chi connectivity index (χ4v) is 1.77. The van der Waals surface area contributed by atoms with Gasteiger partial charge in [0, 0.05) is 12.2 Å². The van der Waals surface area contributed by atoms with Crippen LogP contribution in [0, 0.1) is 13.8 Å². The third-order valence-electron chi connectivity index (χ3n) is 2.88. The Kier molecular flexibility index (Phi) is 3.25. The molecule has 0 amide bonds. The molecule has 82 valence electrons. The molecule has 1 heteroatoms. The largest absolute Gasteiger partial charge is 0.381 e. The second-order valence-electron chi connectivity index (χ2n) is 4.09. The summed E-state index contributed by atoms with van der Waals surface area (Å²) < 4.78 is 0. The number of hydrogen-bond acceptors (Lipinski definition) is 1. The van der Waals surface area contributed by atoms with E-state index in [1.165, 1.54) is 22.4 Å². The molecule has 1 N–H and O–H groups in total. The maximum absolute atomic E-state index is 3.47. The first kappa shape index (κ1) is 10.7. The van der Waals surface area contributed by atoms with Crippen molar-refractivity contribution in [3.8, 4) is 0 Å². The maximum Gasteiger partial charge on any atom is 0.0403 e. The van der Waals surface area contributed by atoms with Gasteiger partial charge in [0.05, 0.1) is 0 Å². The highest BCUT2D eigenvalue weighted by atomic mass is 14.9. The van der Waals surface area contributed by atoms with Crippen molar-refractivity contribution < 1.29 is 0 Å². The zero-order valence-corrected chi connectivity index (χ0v) is 9.83. The van der Waals surface area contributed by atoms with Crippen molar-refractivity contribution in [2.24, 2.45) is 0 Å². The third-order valence-corrected chi connectivity index (χ3v) is 2.88. The van der Waals surface area contributed by atoms with Gasteiger partial charge in [-0.2, -0.15) is 0 Å². The van der Waals surface area contributed by atoms with Crippen molar-refractivity contribution in [1.82, 2.24) is 0 Å². The SMILES string of the molecule is Cc1ccccc1CNc1ccccc1C. The Bertz CT molecular complexity index is 429. The van der Waals surface area contributed by atoms with Gasteiger partial charge < -0.3 is 5.32 Å². The van der Waals surface area contributed by atoms with Crippen LogP contribution in [0.4, 0.5) is 5.69 Å². The van der Waals surface area contributed by atoms with E-state index in [1.54, 1.807) is 0 Å². The van der Waals surface area contributed by atoms with Crippen LogP contribution in [0.1, 0.15) is 16.7 Å². The first-order valence-corrected chi connectivity index (χ1v) is 5.61. The first-order valence-electron chi connectivity index (χ1n) is 5.61. The van der Waals surface area contributed by atoms with Crippen molar-refractivity contribution in [3.63, 3.8) is 0 Å². The molecule has 0 aliphatic heterocycles. The van der Waals surface area contributed by atoms with Gasteiger partial charge in [-0.05, 0) is 36.6 Å². The second-order valence-corrected chi connectivity index (χ2v) is 4.09. The molecular weight excluding hydrogens is 194 g/mol. The Morgan fingerprint density at radius 2 is 1.44 bits per heavy atom. The summed E-state index contributed by atoms with van der Waals surface area (Å²) in [5, 5.41) is 3.47. The van der Waals surface area contributed by atoms with Crippen LogP contribution in [-0.4, -0.2) is 0 Å². The first-order chi connectivity index (χ1) is 7.77. The van der Waals surface area contributed by atoms with Gasteiger partial charge in [0.15, 0.2) is 0 Å². The van der Waals surface area contributed by atoms with E-state index < -0.39 is 0 Å². The Morgan fingerprint density at radius 3 is 2.12 bits per heavy atom. The zero-order chi connectivity index (χ0) is 11.4. The molecule has 0 spiro atoms. The standard InChI is InChI=1S/C15H17N/c1-12-7-3-5-9-14(12)11-16-15-10-6-4-8-13(15)2/h3-10,16H,11H2,1-2H3. The van der Waals surface area contributed by atoms with E-state index in [1.807, 2.05) is 0 Å². The van der Waals surface area contributed by atoms with Crippen LogP contribution >= 0.6 is 0 Å². The van der Waals surface area contributed by atoms with Gasteiger partial charge in [0.2, 0.25) is 0 Å². The number of anilines is 1. The van der Waals surface area contributed by atoms with E-state index in [0.717, 1.165) is 6.54 Å². The van der Waals surface area contributed by atoms with E-state index in [9.17, 15) is 0 Å². The van der Waals surface area contributed by atoms with Crippen LogP contribution in [0.25, 0.3) is 0 Å².